The molecule has 4 rings (SSSR count). The summed E-state index contributed by atoms with van der Waals surface area (Å²) in [6, 6.07) is 8.41. The van der Waals surface area contributed by atoms with Crippen LogP contribution >= 0.6 is 0 Å². The van der Waals surface area contributed by atoms with E-state index in [2.05, 4.69) is 16.8 Å². The molecule has 1 aromatic carbocycles. The second kappa shape index (κ2) is 4.85. The normalized spacial score (nSPS) is 30.4. The van der Waals surface area contributed by atoms with Crippen LogP contribution in [0.3, 0.4) is 0 Å². The van der Waals surface area contributed by atoms with E-state index in [1.807, 2.05) is 30.5 Å². The second-order valence-electron chi connectivity index (χ2n) is 6.79. The first kappa shape index (κ1) is 13.8. The lowest BCUT2D eigenvalue weighted by molar-refractivity contribution is 0.0558. The third-order valence-electron chi connectivity index (χ3n) is 5.92. The van der Waals surface area contributed by atoms with Gasteiger partial charge in [-0.15, -0.1) is 0 Å². The summed E-state index contributed by atoms with van der Waals surface area (Å²) >= 11 is 0. The van der Waals surface area contributed by atoms with Crippen LogP contribution in [0.25, 0.3) is 10.9 Å². The standard InChI is InChI=1S/C18H22N2O2/c1-2-18(11-21)9-12-7-8-16(18)20(12)17(22)14-10-19-15-6-4-3-5-13(14)15/h3-6,10,12,16,19,21H,2,7-9,11H2,1H3/t12-,16+,18-/m0/s1. The van der Waals surface area contributed by atoms with E-state index in [9.17, 15) is 9.90 Å². The van der Waals surface area contributed by atoms with Crippen molar-refractivity contribution in [1.82, 2.24) is 9.88 Å². The molecule has 3 heterocycles. The van der Waals surface area contributed by atoms with E-state index in [1.54, 1.807) is 0 Å². The Labute approximate surface area is 130 Å². The molecule has 2 aliphatic heterocycles. The Morgan fingerprint density at radius 3 is 2.95 bits per heavy atom. The van der Waals surface area contributed by atoms with Crippen LogP contribution in [0.15, 0.2) is 30.5 Å². The average molecular weight is 298 g/mol. The third-order valence-corrected chi connectivity index (χ3v) is 5.92. The molecule has 2 aromatic rings. The smallest absolute Gasteiger partial charge is 0.256 e. The van der Waals surface area contributed by atoms with Gasteiger partial charge >= 0.3 is 0 Å². The van der Waals surface area contributed by atoms with Gasteiger partial charge in [0.1, 0.15) is 0 Å². The van der Waals surface area contributed by atoms with Crippen molar-refractivity contribution in [3.63, 3.8) is 0 Å². The van der Waals surface area contributed by atoms with Gasteiger partial charge in [-0.1, -0.05) is 25.1 Å². The number of benzene rings is 1. The largest absolute Gasteiger partial charge is 0.396 e. The molecule has 0 unspecified atom stereocenters. The first-order valence-electron chi connectivity index (χ1n) is 8.20. The molecule has 4 nitrogen and oxygen atoms in total. The minimum Gasteiger partial charge on any atom is -0.396 e. The maximum absolute atomic E-state index is 13.1. The van der Waals surface area contributed by atoms with Crippen LogP contribution in [-0.2, 0) is 0 Å². The van der Waals surface area contributed by atoms with Crippen molar-refractivity contribution in [2.75, 3.05) is 6.61 Å². The van der Waals surface area contributed by atoms with Gasteiger partial charge in [0.05, 0.1) is 12.2 Å². The molecule has 2 fully saturated rings. The quantitative estimate of drug-likeness (QED) is 0.915. The SMILES string of the molecule is CC[C@@]1(CO)C[C@@H]2CC[C@H]1N2C(=O)c1c[nH]c2ccccc12. The highest BCUT2D eigenvalue weighted by atomic mass is 16.3. The molecule has 2 bridgehead atoms. The summed E-state index contributed by atoms with van der Waals surface area (Å²) in [5.41, 5.74) is 1.67. The Balaban J connectivity index is 1.72. The van der Waals surface area contributed by atoms with Crippen molar-refractivity contribution >= 4 is 16.8 Å². The monoisotopic (exact) mass is 298 g/mol. The molecular formula is C18H22N2O2. The lowest BCUT2D eigenvalue weighted by atomic mass is 9.72. The summed E-state index contributed by atoms with van der Waals surface area (Å²) in [4.78, 5) is 18.4. The van der Waals surface area contributed by atoms with E-state index in [-0.39, 0.29) is 24.0 Å². The van der Waals surface area contributed by atoms with Gasteiger partial charge in [-0.2, -0.15) is 0 Å². The van der Waals surface area contributed by atoms with Crippen LogP contribution < -0.4 is 0 Å². The number of hydrogen-bond acceptors (Lipinski definition) is 2. The maximum Gasteiger partial charge on any atom is 0.256 e. The fourth-order valence-electron chi connectivity index (χ4n) is 4.65. The molecule has 2 saturated heterocycles. The van der Waals surface area contributed by atoms with Gasteiger partial charge in [0.2, 0.25) is 0 Å². The first-order valence-corrected chi connectivity index (χ1v) is 8.20. The van der Waals surface area contributed by atoms with E-state index in [1.165, 1.54) is 0 Å². The predicted molar refractivity (Wildman–Crippen MR) is 85.7 cm³/mol. The molecule has 2 aliphatic rings. The Morgan fingerprint density at radius 2 is 2.23 bits per heavy atom. The number of nitrogens with one attached hydrogen (secondary N) is 1. The predicted octanol–water partition coefficient (Wildman–Crippen LogP) is 2.93. The summed E-state index contributed by atoms with van der Waals surface area (Å²) < 4.78 is 0. The zero-order chi connectivity index (χ0) is 15.3. The number of carbonyl (C=O) groups excluding carboxylic acids is 1. The molecule has 116 valence electrons. The topological polar surface area (TPSA) is 56.3 Å². The van der Waals surface area contributed by atoms with Gasteiger partial charge in [0, 0.05) is 34.6 Å². The van der Waals surface area contributed by atoms with Gasteiger partial charge in [-0.3, -0.25) is 4.79 Å². The van der Waals surface area contributed by atoms with Crippen LogP contribution in [0.5, 0.6) is 0 Å². The lowest BCUT2D eigenvalue weighted by Gasteiger charge is -2.34. The lowest BCUT2D eigenvalue weighted by Crippen LogP contribution is -2.42. The number of aromatic amines is 1. The molecule has 0 saturated carbocycles. The molecule has 4 heteroatoms. The summed E-state index contributed by atoms with van der Waals surface area (Å²) in [6.45, 7) is 2.31. The molecule has 3 atom stereocenters. The average Bonchev–Trinajstić information content (AvgIpc) is 3.25. The number of para-hydroxylation sites is 1. The van der Waals surface area contributed by atoms with Gasteiger partial charge in [-0.05, 0) is 31.7 Å². The molecule has 2 N–H and O–H groups in total. The van der Waals surface area contributed by atoms with E-state index >= 15 is 0 Å². The van der Waals surface area contributed by atoms with Gasteiger partial charge in [0.25, 0.3) is 5.91 Å². The number of fused-ring (bicyclic) bond motifs is 3. The molecule has 1 amide bonds. The molecule has 22 heavy (non-hydrogen) atoms. The van der Waals surface area contributed by atoms with Crippen molar-refractivity contribution in [3.05, 3.63) is 36.0 Å². The Morgan fingerprint density at radius 1 is 1.41 bits per heavy atom. The van der Waals surface area contributed by atoms with E-state index in [4.69, 9.17) is 0 Å². The molecule has 0 radical (unpaired) electrons. The number of H-pyrrole nitrogens is 1. The summed E-state index contributed by atoms with van der Waals surface area (Å²) in [5.74, 6) is 0.119. The first-order chi connectivity index (χ1) is 10.7. The Hall–Kier alpha value is -1.81. The van der Waals surface area contributed by atoms with Gasteiger partial charge in [-0.25, -0.2) is 0 Å². The minimum absolute atomic E-state index is 0.0926. The summed E-state index contributed by atoms with van der Waals surface area (Å²) in [7, 11) is 0. The molecule has 0 spiro atoms. The van der Waals surface area contributed by atoms with Gasteiger partial charge < -0.3 is 15.0 Å². The number of aromatic nitrogens is 1. The zero-order valence-corrected chi connectivity index (χ0v) is 12.9. The van der Waals surface area contributed by atoms with Crippen LogP contribution in [0.4, 0.5) is 0 Å². The van der Waals surface area contributed by atoms with Crippen LogP contribution in [0.2, 0.25) is 0 Å². The van der Waals surface area contributed by atoms with Crippen LogP contribution in [0.1, 0.15) is 43.0 Å². The van der Waals surface area contributed by atoms with Crippen LogP contribution in [-0.4, -0.2) is 39.6 Å². The zero-order valence-electron chi connectivity index (χ0n) is 12.9. The second-order valence-corrected chi connectivity index (χ2v) is 6.79. The number of amides is 1. The van der Waals surface area contributed by atoms with Gasteiger partial charge in [0.15, 0.2) is 0 Å². The maximum atomic E-state index is 13.1. The van der Waals surface area contributed by atoms with Crippen molar-refractivity contribution in [2.24, 2.45) is 5.41 Å². The molecule has 0 aliphatic carbocycles. The van der Waals surface area contributed by atoms with Crippen molar-refractivity contribution in [3.8, 4) is 0 Å². The number of hydrogen-bond donors (Lipinski definition) is 2. The van der Waals surface area contributed by atoms with E-state index < -0.39 is 0 Å². The van der Waals surface area contributed by atoms with E-state index in [0.29, 0.717) is 6.04 Å². The number of rotatable bonds is 3. The van der Waals surface area contributed by atoms with Crippen molar-refractivity contribution in [2.45, 2.75) is 44.7 Å². The summed E-state index contributed by atoms with van der Waals surface area (Å²) in [5, 5.41) is 10.9. The highest BCUT2D eigenvalue weighted by molar-refractivity contribution is 6.07. The minimum atomic E-state index is -0.0926. The Kier molecular flexibility index (Phi) is 3.05. The molecule has 1 aromatic heterocycles. The highest BCUT2D eigenvalue weighted by Gasteiger charge is 2.56. The van der Waals surface area contributed by atoms with Crippen molar-refractivity contribution < 1.29 is 9.90 Å². The highest BCUT2D eigenvalue weighted by Crippen LogP contribution is 2.52. The van der Waals surface area contributed by atoms with Crippen LogP contribution in [0, 0.1) is 5.41 Å². The Bertz CT molecular complexity index is 717. The number of nitrogens with zero attached hydrogens (tertiary/aromatic N) is 1. The number of aliphatic hydroxyl groups is 1. The fourth-order valence-corrected chi connectivity index (χ4v) is 4.65. The third kappa shape index (κ3) is 1.70. The number of carbonyl (C=O) groups is 1. The van der Waals surface area contributed by atoms with E-state index in [0.717, 1.165) is 42.1 Å². The summed E-state index contributed by atoms with van der Waals surface area (Å²) in [6.07, 6.45) is 5.80. The number of aliphatic hydroxyl groups excluding tert-OH is 1. The van der Waals surface area contributed by atoms with Crippen molar-refractivity contribution in [1.29, 1.82) is 0 Å². The molecular weight excluding hydrogens is 276 g/mol. The fraction of sp³-hybridized carbons (Fsp3) is 0.500.